The molecule has 0 bridgehead atoms. The lowest BCUT2D eigenvalue weighted by Crippen LogP contribution is -2.49. The zero-order chi connectivity index (χ0) is 17.2. The molecule has 5 N–H and O–H groups in total. The van der Waals surface area contributed by atoms with Crippen LogP contribution < -0.4 is 16.3 Å². The average Bonchev–Trinajstić information content (AvgIpc) is 2.46. The first kappa shape index (κ1) is 17.2. The predicted octanol–water partition coefficient (Wildman–Crippen LogP) is 1.62. The minimum Gasteiger partial charge on any atom is -0.463 e. The lowest BCUT2D eigenvalue weighted by Gasteiger charge is -2.38. The lowest BCUT2D eigenvalue weighted by molar-refractivity contribution is -0.139. The second-order valence-corrected chi connectivity index (χ2v) is 6.80. The molecule has 0 radical (unpaired) electrons. The van der Waals surface area contributed by atoms with Crippen molar-refractivity contribution in [3.8, 4) is 0 Å². The van der Waals surface area contributed by atoms with Crippen molar-refractivity contribution in [3.63, 3.8) is 0 Å². The number of rotatable bonds is 4. The molecule has 2 rings (SSSR count). The van der Waals surface area contributed by atoms with Crippen molar-refractivity contribution >= 4 is 19.6 Å². The molecule has 2 amide bonds. The highest BCUT2D eigenvalue weighted by Gasteiger charge is 2.44. The van der Waals surface area contributed by atoms with Crippen molar-refractivity contribution in [1.29, 1.82) is 0 Å². The van der Waals surface area contributed by atoms with Crippen molar-refractivity contribution in [2.45, 2.75) is 19.9 Å². The van der Waals surface area contributed by atoms with Gasteiger partial charge >= 0.3 is 19.6 Å². The summed E-state index contributed by atoms with van der Waals surface area (Å²) in [6, 6.07) is 6.92. The maximum atomic E-state index is 12.3. The molecule has 1 aliphatic heterocycles. The number of nitrogens with one attached hydrogen (secondary N) is 1. The highest BCUT2D eigenvalue weighted by Crippen LogP contribution is 2.46. The Hall–Kier alpha value is -2.15. The van der Waals surface area contributed by atoms with Gasteiger partial charge in [0.25, 0.3) is 0 Å². The number of nitrogens with two attached hydrogens (primary N) is 2. The average molecular weight is 338 g/mol. The van der Waals surface area contributed by atoms with E-state index in [1.54, 1.807) is 44.2 Å². The molecule has 0 saturated carbocycles. The Balaban J connectivity index is 2.65. The zero-order valence-electron chi connectivity index (χ0n) is 12.9. The van der Waals surface area contributed by atoms with E-state index in [1.807, 2.05) is 0 Å². The predicted molar refractivity (Wildman–Crippen MR) is 84.9 cm³/mol. The van der Waals surface area contributed by atoms with E-state index in [9.17, 15) is 14.2 Å². The first-order valence-corrected chi connectivity index (χ1v) is 8.77. The molecule has 8 nitrogen and oxygen atoms in total. The summed E-state index contributed by atoms with van der Waals surface area (Å²) in [6.45, 7) is 3.39. The number of amides is 2. The van der Waals surface area contributed by atoms with Gasteiger partial charge in [-0.1, -0.05) is 30.3 Å². The normalized spacial score (nSPS) is 18.7. The molecular weight excluding hydrogens is 319 g/mol. The Bertz CT molecular complexity index is 698. The zero-order valence-corrected chi connectivity index (χ0v) is 13.7. The fourth-order valence-corrected chi connectivity index (χ4v) is 3.41. The van der Waals surface area contributed by atoms with E-state index < -0.39 is 25.6 Å². The first-order chi connectivity index (χ1) is 10.8. The number of carbonyl (C=O) groups excluding carboxylic acids is 2. The second kappa shape index (κ2) is 6.54. The summed E-state index contributed by atoms with van der Waals surface area (Å²) in [5, 5.41) is 2.46. The summed E-state index contributed by atoms with van der Waals surface area (Å²) in [5.41, 5.74) is 12.1. The van der Waals surface area contributed by atoms with Crippen LogP contribution in [0.4, 0.5) is 4.79 Å². The molecule has 23 heavy (non-hydrogen) atoms. The van der Waals surface area contributed by atoms with Gasteiger partial charge in [-0.15, -0.1) is 0 Å². The van der Waals surface area contributed by atoms with E-state index in [1.165, 1.54) is 0 Å². The third-order valence-electron chi connectivity index (χ3n) is 3.37. The number of carbonyl (C=O) groups is 2. The van der Waals surface area contributed by atoms with Crippen LogP contribution in [0.15, 0.2) is 41.6 Å². The number of nitrogens with zero attached hydrogens (tertiary/aromatic N) is 1. The van der Waals surface area contributed by atoms with Gasteiger partial charge in [-0.2, -0.15) is 0 Å². The molecule has 1 atom stereocenters. The largest absolute Gasteiger partial charge is 0.463 e. The maximum absolute atomic E-state index is 12.3. The smallest absolute Gasteiger partial charge is 0.338 e. The minimum atomic E-state index is -3.96. The molecule has 1 unspecified atom stereocenters. The van der Waals surface area contributed by atoms with Gasteiger partial charge in [0.2, 0.25) is 0 Å². The third-order valence-corrected chi connectivity index (χ3v) is 4.46. The van der Waals surface area contributed by atoms with E-state index in [0.29, 0.717) is 11.3 Å². The number of hydrogen-bond acceptors (Lipinski definition) is 4. The molecule has 1 aromatic carbocycles. The van der Waals surface area contributed by atoms with E-state index in [4.69, 9.17) is 15.7 Å². The monoisotopic (exact) mass is 338 g/mol. The molecule has 124 valence electrons. The molecule has 0 fully saturated rings. The Morgan fingerprint density at radius 3 is 2.48 bits per heavy atom. The van der Waals surface area contributed by atoms with Crippen molar-refractivity contribution in [1.82, 2.24) is 9.99 Å². The van der Waals surface area contributed by atoms with Crippen molar-refractivity contribution in [2.24, 2.45) is 11.0 Å². The maximum Gasteiger partial charge on any atom is 0.338 e. The number of esters is 1. The SMILES string of the molecule is CCOC(=O)C1=C(C)NC(=O)N(P(N)(N)=O)C1c1ccccc1. The number of benzene rings is 1. The number of urea groups is 1. The minimum absolute atomic E-state index is 0.147. The van der Waals surface area contributed by atoms with Gasteiger partial charge in [-0.05, 0) is 19.4 Å². The topological polar surface area (TPSA) is 128 Å². The molecule has 1 heterocycles. The molecule has 0 saturated heterocycles. The molecular formula is C14H19N4O4P. The van der Waals surface area contributed by atoms with Crippen LogP contribution in [-0.2, 0) is 14.1 Å². The molecule has 0 spiro atoms. The molecule has 9 heteroatoms. The van der Waals surface area contributed by atoms with Crippen molar-refractivity contribution < 1.29 is 18.9 Å². The molecule has 0 aromatic heterocycles. The summed E-state index contributed by atoms with van der Waals surface area (Å²) < 4.78 is 18.1. The number of hydrogen-bond donors (Lipinski definition) is 3. The van der Waals surface area contributed by atoms with Gasteiger partial charge < -0.3 is 10.1 Å². The Labute approximate surface area is 134 Å². The van der Waals surface area contributed by atoms with Crippen molar-refractivity contribution in [3.05, 3.63) is 47.2 Å². The fraction of sp³-hybridized carbons (Fsp3) is 0.286. The van der Waals surface area contributed by atoms with Crippen molar-refractivity contribution in [2.75, 3.05) is 6.61 Å². The summed E-state index contributed by atoms with van der Waals surface area (Å²) in [4.78, 5) is 24.6. The van der Waals surface area contributed by atoms with Gasteiger partial charge in [-0.25, -0.2) is 14.3 Å². The summed E-state index contributed by atoms with van der Waals surface area (Å²) in [7, 11) is -3.96. The van der Waals surface area contributed by atoms with Gasteiger partial charge in [0.1, 0.15) is 6.04 Å². The Morgan fingerprint density at radius 2 is 1.96 bits per heavy atom. The Kier molecular flexibility index (Phi) is 4.89. The van der Waals surface area contributed by atoms with E-state index in [0.717, 1.165) is 4.67 Å². The summed E-state index contributed by atoms with van der Waals surface area (Å²) in [6.07, 6.45) is 0. The van der Waals surface area contributed by atoms with Crippen LogP contribution in [-0.4, -0.2) is 23.3 Å². The number of ether oxygens (including phenoxy) is 1. The van der Waals surface area contributed by atoms with Crippen LogP contribution >= 0.6 is 7.59 Å². The highest BCUT2D eigenvalue weighted by molar-refractivity contribution is 7.57. The molecule has 1 aromatic rings. The van der Waals surface area contributed by atoms with E-state index in [2.05, 4.69) is 5.32 Å². The van der Waals surface area contributed by atoms with Gasteiger partial charge in [-0.3, -0.25) is 15.6 Å². The standard InChI is InChI=1S/C14H19N4O4P/c1-3-22-13(19)11-9(2)17-14(20)18(23(15,16)21)12(11)10-7-5-4-6-8-10/h4-8,12H,3H2,1-2H3,(H,17,20)(H4,15,16,21). The lowest BCUT2D eigenvalue weighted by atomic mass is 9.95. The third kappa shape index (κ3) is 3.44. The second-order valence-electron chi connectivity index (χ2n) is 5.02. The summed E-state index contributed by atoms with van der Waals surface area (Å²) >= 11 is 0. The summed E-state index contributed by atoms with van der Waals surface area (Å²) in [5.74, 6) is -0.627. The van der Waals surface area contributed by atoms with Crippen LogP contribution in [0, 0.1) is 0 Å². The van der Waals surface area contributed by atoms with Crippen LogP contribution in [0.25, 0.3) is 0 Å². The van der Waals surface area contributed by atoms with Gasteiger partial charge in [0.05, 0.1) is 12.2 Å². The van der Waals surface area contributed by atoms with Crippen LogP contribution in [0.1, 0.15) is 25.5 Å². The van der Waals surface area contributed by atoms with Crippen LogP contribution in [0.2, 0.25) is 0 Å². The van der Waals surface area contributed by atoms with Gasteiger partial charge in [0.15, 0.2) is 0 Å². The van der Waals surface area contributed by atoms with Crippen LogP contribution in [0.5, 0.6) is 0 Å². The molecule has 1 aliphatic rings. The van der Waals surface area contributed by atoms with E-state index in [-0.39, 0.29) is 12.2 Å². The quantitative estimate of drug-likeness (QED) is 0.565. The highest BCUT2D eigenvalue weighted by atomic mass is 31.2. The fourth-order valence-electron chi connectivity index (χ4n) is 2.47. The van der Waals surface area contributed by atoms with Gasteiger partial charge in [0, 0.05) is 5.70 Å². The molecule has 0 aliphatic carbocycles. The Morgan fingerprint density at radius 1 is 1.35 bits per heavy atom. The first-order valence-electron chi connectivity index (χ1n) is 6.98. The van der Waals surface area contributed by atoms with E-state index >= 15 is 0 Å². The number of allylic oxidation sites excluding steroid dienone is 1. The van der Waals surface area contributed by atoms with Crippen LogP contribution in [0.3, 0.4) is 0 Å².